The molecule has 0 spiro atoms. The highest BCUT2D eigenvalue weighted by atomic mass is 35.5. The molecule has 2 amide bonds. The fourth-order valence-corrected chi connectivity index (χ4v) is 2.28. The lowest BCUT2D eigenvalue weighted by atomic mass is 10.1. The molecule has 0 aliphatic carbocycles. The number of aryl methyl sites for hydroxylation is 1. The summed E-state index contributed by atoms with van der Waals surface area (Å²) in [6.45, 7) is 2.24. The van der Waals surface area contributed by atoms with E-state index in [9.17, 15) is 9.59 Å². The van der Waals surface area contributed by atoms with E-state index in [1.807, 2.05) is 6.92 Å². The molecule has 0 aromatic heterocycles. The maximum atomic E-state index is 11.8. The molecule has 0 saturated carbocycles. The van der Waals surface area contributed by atoms with Crippen LogP contribution >= 0.6 is 11.6 Å². The molecule has 1 heterocycles. The van der Waals surface area contributed by atoms with Gasteiger partial charge in [-0.05, 0) is 30.7 Å². The highest BCUT2D eigenvalue weighted by molar-refractivity contribution is 6.30. The van der Waals surface area contributed by atoms with Crippen molar-refractivity contribution in [3.63, 3.8) is 0 Å². The molecule has 1 aliphatic heterocycles. The molecule has 0 radical (unpaired) electrons. The van der Waals surface area contributed by atoms with E-state index in [0.29, 0.717) is 11.6 Å². The third-order valence-corrected chi connectivity index (χ3v) is 3.21. The highest BCUT2D eigenvalue weighted by Crippen LogP contribution is 2.29. The minimum atomic E-state index is -0.424. The molecule has 1 atom stereocenters. The lowest BCUT2D eigenvalue weighted by Crippen LogP contribution is -2.28. The van der Waals surface area contributed by atoms with Crippen LogP contribution in [0.4, 0.5) is 5.69 Å². The molecule has 1 aromatic carbocycles. The van der Waals surface area contributed by atoms with Gasteiger partial charge in [0.05, 0.1) is 5.92 Å². The van der Waals surface area contributed by atoms with Gasteiger partial charge in [-0.15, -0.1) is 0 Å². The summed E-state index contributed by atoms with van der Waals surface area (Å²) in [7, 11) is 0. The van der Waals surface area contributed by atoms with Crippen molar-refractivity contribution in [1.29, 1.82) is 0 Å². The number of carbonyl (C=O) groups excluding carboxylic acids is 2. The van der Waals surface area contributed by atoms with E-state index in [-0.39, 0.29) is 12.3 Å². The van der Waals surface area contributed by atoms with Gasteiger partial charge in [0.1, 0.15) is 0 Å². The Hall–Kier alpha value is -1.55. The number of nitrogens with two attached hydrogens (primary N) is 1. The van der Waals surface area contributed by atoms with Crippen LogP contribution in [0.2, 0.25) is 5.02 Å². The minimum Gasteiger partial charge on any atom is -0.369 e. The average molecular weight is 253 g/mol. The summed E-state index contributed by atoms with van der Waals surface area (Å²) < 4.78 is 0. The molecule has 0 unspecified atom stereocenters. The van der Waals surface area contributed by atoms with E-state index >= 15 is 0 Å². The lowest BCUT2D eigenvalue weighted by molar-refractivity contribution is -0.123. The second kappa shape index (κ2) is 4.37. The van der Waals surface area contributed by atoms with Crippen LogP contribution in [-0.2, 0) is 9.59 Å². The van der Waals surface area contributed by atoms with Crippen molar-refractivity contribution in [2.75, 3.05) is 11.4 Å². The normalized spacial score (nSPS) is 19.8. The van der Waals surface area contributed by atoms with Crippen molar-refractivity contribution in [2.45, 2.75) is 13.3 Å². The molecule has 2 N–H and O–H groups in total. The predicted molar refractivity (Wildman–Crippen MR) is 65.8 cm³/mol. The van der Waals surface area contributed by atoms with Crippen LogP contribution < -0.4 is 10.6 Å². The first-order valence-corrected chi connectivity index (χ1v) is 5.72. The van der Waals surface area contributed by atoms with Crippen molar-refractivity contribution < 1.29 is 9.59 Å². The van der Waals surface area contributed by atoms with E-state index in [1.165, 1.54) is 0 Å². The first-order valence-electron chi connectivity index (χ1n) is 5.35. The van der Waals surface area contributed by atoms with E-state index < -0.39 is 11.8 Å². The molecule has 5 heteroatoms. The number of rotatable bonds is 2. The Labute approximate surface area is 104 Å². The van der Waals surface area contributed by atoms with Crippen LogP contribution in [0.15, 0.2) is 18.2 Å². The van der Waals surface area contributed by atoms with Crippen LogP contribution in [0.25, 0.3) is 0 Å². The smallest absolute Gasteiger partial charge is 0.227 e. The third kappa shape index (κ3) is 2.26. The van der Waals surface area contributed by atoms with Gasteiger partial charge in [-0.25, -0.2) is 0 Å². The highest BCUT2D eigenvalue weighted by Gasteiger charge is 2.34. The van der Waals surface area contributed by atoms with Gasteiger partial charge >= 0.3 is 0 Å². The number of halogens is 1. The minimum absolute atomic E-state index is 0.0702. The Kier molecular flexibility index (Phi) is 3.07. The molecule has 90 valence electrons. The Morgan fingerprint density at radius 3 is 2.76 bits per heavy atom. The van der Waals surface area contributed by atoms with Gasteiger partial charge in [0.15, 0.2) is 0 Å². The third-order valence-electron chi connectivity index (χ3n) is 2.98. The first-order chi connectivity index (χ1) is 7.99. The topological polar surface area (TPSA) is 63.4 Å². The lowest BCUT2D eigenvalue weighted by Gasteiger charge is -2.18. The number of amides is 2. The number of primary amides is 1. The maximum absolute atomic E-state index is 11.8. The van der Waals surface area contributed by atoms with Crippen LogP contribution in [0.1, 0.15) is 12.0 Å². The number of hydrogen-bond acceptors (Lipinski definition) is 2. The van der Waals surface area contributed by atoms with Crippen molar-refractivity contribution in [1.82, 2.24) is 0 Å². The van der Waals surface area contributed by atoms with Gasteiger partial charge in [0, 0.05) is 23.7 Å². The van der Waals surface area contributed by atoms with Crippen LogP contribution in [0.3, 0.4) is 0 Å². The Morgan fingerprint density at radius 1 is 1.53 bits per heavy atom. The second-order valence-electron chi connectivity index (χ2n) is 4.24. The average Bonchev–Trinajstić information content (AvgIpc) is 2.61. The Morgan fingerprint density at radius 2 is 2.24 bits per heavy atom. The van der Waals surface area contributed by atoms with E-state index in [4.69, 9.17) is 17.3 Å². The Bertz CT molecular complexity index is 487. The van der Waals surface area contributed by atoms with Crippen molar-refractivity contribution >= 4 is 29.1 Å². The molecule has 1 saturated heterocycles. The summed E-state index contributed by atoms with van der Waals surface area (Å²) in [5, 5.41) is 0.629. The van der Waals surface area contributed by atoms with E-state index in [0.717, 1.165) is 11.3 Å². The summed E-state index contributed by atoms with van der Waals surface area (Å²) in [4.78, 5) is 24.5. The monoisotopic (exact) mass is 252 g/mol. The first kappa shape index (κ1) is 11.9. The summed E-state index contributed by atoms with van der Waals surface area (Å²) in [6, 6.07) is 5.31. The molecule has 2 rings (SSSR count). The molecule has 0 bridgehead atoms. The molecule has 1 aliphatic rings. The van der Waals surface area contributed by atoms with Crippen LogP contribution in [0, 0.1) is 12.8 Å². The molecular formula is C12H13ClN2O2. The zero-order valence-corrected chi connectivity index (χ0v) is 10.2. The fraction of sp³-hybridized carbons (Fsp3) is 0.333. The maximum Gasteiger partial charge on any atom is 0.227 e. The summed E-state index contributed by atoms with van der Waals surface area (Å²) >= 11 is 5.86. The number of anilines is 1. The predicted octanol–water partition coefficient (Wildman–Crippen LogP) is 1.49. The number of hydrogen-bond donors (Lipinski definition) is 1. The number of benzene rings is 1. The van der Waals surface area contributed by atoms with Crippen molar-refractivity contribution in [2.24, 2.45) is 11.7 Å². The molecule has 1 fully saturated rings. The molecule has 1 aromatic rings. The van der Waals surface area contributed by atoms with Gasteiger partial charge in [-0.3, -0.25) is 9.59 Å². The van der Waals surface area contributed by atoms with Gasteiger partial charge in [0.25, 0.3) is 0 Å². The molecule has 4 nitrogen and oxygen atoms in total. The van der Waals surface area contributed by atoms with E-state index in [1.54, 1.807) is 23.1 Å². The second-order valence-corrected chi connectivity index (χ2v) is 4.68. The fourth-order valence-electron chi connectivity index (χ4n) is 2.05. The Balaban J connectivity index is 2.29. The zero-order valence-electron chi connectivity index (χ0n) is 9.44. The number of carbonyl (C=O) groups is 2. The van der Waals surface area contributed by atoms with Gasteiger partial charge in [-0.1, -0.05) is 11.6 Å². The van der Waals surface area contributed by atoms with Gasteiger partial charge in [0.2, 0.25) is 11.8 Å². The van der Waals surface area contributed by atoms with Crippen LogP contribution in [-0.4, -0.2) is 18.4 Å². The standard InChI is InChI=1S/C12H13ClN2O2/c1-7-4-9(13)2-3-10(7)15-6-8(12(14)17)5-11(15)16/h2-4,8H,5-6H2,1H3,(H2,14,17)/t8-/m1/s1. The summed E-state index contributed by atoms with van der Waals surface area (Å²) in [5.41, 5.74) is 6.93. The largest absolute Gasteiger partial charge is 0.369 e. The SMILES string of the molecule is Cc1cc(Cl)ccc1N1C[C@H](C(N)=O)CC1=O. The van der Waals surface area contributed by atoms with Gasteiger partial charge in [-0.2, -0.15) is 0 Å². The summed E-state index contributed by atoms with van der Waals surface area (Å²) in [6.07, 6.45) is 0.192. The molecular weight excluding hydrogens is 240 g/mol. The van der Waals surface area contributed by atoms with Gasteiger partial charge < -0.3 is 10.6 Å². The van der Waals surface area contributed by atoms with Crippen LogP contribution in [0.5, 0.6) is 0 Å². The number of nitrogens with zero attached hydrogens (tertiary/aromatic N) is 1. The van der Waals surface area contributed by atoms with E-state index in [2.05, 4.69) is 0 Å². The van der Waals surface area contributed by atoms with Crippen molar-refractivity contribution in [3.8, 4) is 0 Å². The molecule has 17 heavy (non-hydrogen) atoms. The van der Waals surface area contributed by atoms with Crippen molar-refractivity contribution in [3.05, 3.63) is 28.8 Å². The summed E-state index contributed by atoms with van der Waals surface area (Å²) in [5.74, 6) is -0.885. The quantitative estimate of drug-likeness (QED) is 0.867. The zero-order chi connectivity index (χ0) is 12.6.